The molecule has 0 bridgehead atoms. The molecule has 1 aromatic rings. The monoisotopic (exact) mass is 390 g/mol. The van der Waals surface area contributed by atoms with Crippen LogP contribution in [0.25, 0.3) is 0 Å². The number of thioether (sulfide) groups is 1. The van der Waals surface area contributed by atoms with Gasteiger partial charge in [0, 0.05) is 43.6 Å². The zero-order chi connectivity index (χ0) is 18.8. The van der Waals surface area contributed by atoms with Crippen LogP contribution in [0.1, 0.15) is 12.0 Å². The van der Waals surface area contributed by atoms with E-state index < -0.39 is 0 Å². The SMILES string of the molecule is C=Nc1c(SCN2C(=O)NC3CCN(CCOC)CC32)ccc2c1CCO2. The lowest BCUT2D eigenvalue weighted by Gasteiger charge is -2.37. The second-order valence-corrected chi connectivity index (χ2v) is 8.08. The Morgan fingerprint density at radius 1 is 1.48 bits per heavy atom. The highest BCUT2D eigenvalue weighted by molar-refractivity contribution is 7.99. The van der Waals surface area contributed by atoms with Crippen LogP contribution < -0.4 is 10.1 Å². The maximum atomic E-state index is 12.5. The van der Waals surface area contributed by atoms with Gasteiger partial charge in [-0.05, 0) is 25.3 Å². The molecular formula is C19H26N4O3S. The van der Waals surface area contributed by atoms with Gasteiger partial charge < -0.3 is 19.7 Å². The van der Waals surface area contributed by atoms with Gasteiger partial charge in [-0.15, -0.1) is 11.8 Å². The number of likely N-dealkylation sites (tertiary alicyclic amines) is 1. The van der Waals surface area contributed by atoms with Gasteiger partial charge in [-0.25, -0.2) is 4.79 Å². The molecule has 2 atom stereocenters. The number of hydrogen-bond donors (Lipinski definition) is 1. The van der Waals surface area contributed by atoms with Gasteiger partial charge in [0.05, 0.1) is 36.9 Å². The van der Waals surface area contributed by atoms with Gasteiger partial charge in [-0.1, -0.05) is 0 Å². The Morgan fingerprint density at radius 3 is 3.19 bits per heavy atom. The smallest absolute Gasteiger partial charge is 0.318 e. The summed E-state index contributed by atoms with van der Waals surface area (Å²) >= 11 is 1.65. The number of rotatable bonds is 7. The molecule has 4 rings (SSSR count). The first kappa shape index (κ1) is 18.6. The van der Waals surface area contributed by atoms with Crippen LogP contribution in [0.2, 0.25) is 0 Å². The van der Waals surface area contributed by atoms with Crippen LogP contribution in [-0.2, 0) is 11.2 Å². The van der Waals surface area contributed by atoms with Gasteiger partial charge in [0.1, 0.15) is 5.75 Å². The Kier molecular flexibility index (Phi) is 5.56. The minimum Gasteiger partial charge on any atom is -0.493 e. The quantitative estimate of drug-likeness (QED) is 0.571. The van der Waals surface area contributed by atoms with Gasteiger partial charge in [0.25, 0.3) is 0 Å². The lowest BCUT2D eigenvalue weighted by atomic mass is 10.0. The third kappa shape index (κ3) is 3.66. The molecule has 2 amide bonds. The van der Waals surface area contributed by atoms with Gasteiger partial charge >= 0.3 is 6.03 Å². The predicted molar refractivity (Wildman–Crippen MR) is 106 cm³/mol. The van der Waals surface area contributed by atoms with Crippen molar-refractivity contribution in [1.82, 2.24) is 15.1 Å². The molecule has 0 saturated carbocycles. The van der Waals surface area contributed by atoms with Crippen LogP contribution in [0, 0.1) is 0 Å². The van der Waals surface area contributed by atoms with E-state index in [0.29, 0.717) is 12.5 Å². The predicted octanol–water partition coefficient (Wildman–Crippen LogP) is 2.12. The molecule has 27 heavy (non-hydrogen) atoms. The van der Waals surface area contributed by atoms with E-state index in [2.05, 4.69) is 21.9 Å². The standard InChI is InChI=1S/C19H26N4O3S/c1-20-18-13-6-9-26-16(13)3-4-17(18)27-12-23-15-11-22(8-10-25-2)7-5-14(15)21-19(23)24/h3-4,14-15H,1,5-12H2,2H3,(H,21,24). The molecule has 8 heteroatoms. The maximum absolute atomic E-state index is 12.5. The number of piperidine rings is 1. The molecule has 3 heterocycles. The van der Waals surface area contributed by atoms with Crippen molar-refractivity contribution in [2.75, 3.05) is 45.8 Å². The largest absolute Gasteiger partial charge is 0.493 e. The van der Waals surface area contributed by atoms with Crippen molar-refractivity contribution in [3.63, 3.8) is 0 Å². The molecule has 1 aromatic carbocycles. The Hall–Kier alpha value is -1.77. The number of benzene rings is 1. The van der Waals surface area contributed by atoms with Gasteiger partial charge in [-0.3, -0.25) is 9.89 Å². The van der Waals surface area contributed by atoms with Gasteiger partial charge in [0.2, 0.25) is 0 Å². The fourth-order valence-electron chi connectivity index (χ4n) is 4.12. The average molecular weight is 391 g/mol. The zero-order valence-electron chi connectivity index (χ0n) is 15.6. The number of aliphatic imine (C=N–C) groups is 1. The van der Waals surface area contributed by atoms with Crippen LogP contribution in [0.3, 0.4) is 0 Å². The molecule has 3 aliphatic heterocycles. The molecule has 0 aromatic heterocycles. The topological polar surface area (TPSA) is 66.4 Å². The lowest BCUT2D eigenvalue weighted by molar-refractivity contribution is 0.102. The molecule has 2 fully saturated rings. The number of ether oxygens (including phenoxy) is 2. The molecule has 7 nitrogen and oxygen atoms in total. The summed E-state index contributed by atoms with van der Waals surface area (Å²) in [5.74, 6) is 1.51. The second kappa shape index (κ2) is 8.08. The third-order valence-corrected chi connectivity index (χ3v) is 6.63. The molecular weight excluding hydrogens is 364 g/mol. The summed E-state index contributed by atoms with van der Waals surface area (Å²) in [6.07, 6.45) is 1.85. The van der Waals surface area contributed by atoms with Crippen molar-refractivity contribution in [1.29, 1.82) is 0 Å². The molecule has 0 aliphatic carbocycles. The Labute approximate surface area is 164 Å². The highest BCUT2D eigenvalue weighted by Gasteiger charge is 2.42. The molecule has 0 radical (unpaired) electrons. The zero-order valence-corrected chi connectivity index (χ0v) is 16.5. The van der Waals surface area contributed by atoms with E-state index >= 15 is 0 Å². The van der Waals surface area contributed by atoms with E-state index in [1.54, 1.807) is 18.9 Å². The molecule has 3 aliphatic rings. The summed E-state index contributed by atoms with van der Waals surface area (Å²) in [6, 6.07) is 4.49. The van der Waals surface area contributed by atoms with Gasteiger partial charge in [0.15, 0.2) is 0 Å². The van der Waals surface area contributed by atoms with Crippen LogP contribution in [0.5, 0.6) is 5.75 Å². The highest BCUT2D eigenvalue weighted by Crippen LogP contribution is 2.41. The van der Waals surface area contributed by atoms with Crippen molar-refractivity contribution < 1.29 is 14.3 Å². The first-order valence-corrected chi connectivity index (χ1v) is 10.4. The number of hydrogen-bond acceptors (Lipinski definition) is 6. The maximum Gasteiger partial charge on any atom is 0.318 e. The minimum absolute atomic E-state index is 0.0312. The number of fused-ring (bicyclic) bond motifs is 2. The molecule has 146 valence electrons. The summed E-state index contributed by atoms with van der Waals surface area (Å²) in [7, 11) is 1.73. The first-order valence-electron chi connectivity index (χ1n) is 9.38. The van der Waals surface area contributed by atoms with E-state index in [1.165, 1.54) is 0 Å². The van der Waals surface area contributed by atoms with Crippen molar-refractivity contribution in [3.8, 4) is 5.75 Å². The number of carbonyl (C=O) groups is 1. The number of nitrogens with one attached hydrogen (secondary N) is 1. The number of urea groups is 1. The lowest BCUT2D eigenvalue weighted by Crippen LogP contribution is -2.52. The van der Waals surface area contributed by atoms with Crippen LogP contribution >= 0.6 is 11.8 Å². The molecule has 1 N–H and O–H groups in total. The molecule has 0 spiro atoms. The van der Waals surface area contributed by atoms with Crippen LogP contribution in [-0.4, -0.2) is 80.5 Å². The van der Waals surface area contributed by atoms with Crippen LogP contribution in [0.15, 0.2) is 22.0 Å². The summed E-state index contributed by atoms with van der Waals surface area (Å²) in [6.45, 7) is 7.95. The van der Waals surface area contributed by atoms with E-state index in [0.717, 1.165) is 61.0 Å². The fourth-order valence-corrected chi connectivity index (χ4v) is 5.19. The number of methoxy groups -OCH3 is 1. The molecule has 2 unspecified atom stereocenters. The van der Waals surface area contributed by atoms with Crippen molar-refractivity contribution >= 4 is 30.2 Å². The summed E-state index contributed by atoms with van der Waals surface area (Å²) < 4.78 is 10.8. The number of nitrogens with zero attached hydrogens (tertiary/aromatic N) is 3. The van der Waals surface area contributed by atoms with E-state index in [-0.39, 0.29) is 18.1 Å². The fraction of sp³-hybridized carbons (Fsp3) is 0.579. The van der Waals surface area contributed by atoms with E-state index in [9.17, 15) is 4.79 Å². The number of amides is 2. The van der Waals surface area contributed by atoms with Crippen molar-refractivity contribution in [3.05, 3.63) is 17.7 Å². The van der Waals surface area contributed by atoms with Crippen LogP contribution in [0.4, 0.5) is 10.5 Å². The van der Waals surface area contributed by atoms with Crippen molar-refractivity contribution in [2.24, 2.45) is 4.99 Å². The second-order valence-electron chi connectivity index (χ2n) is 7.09. The van der Waals surface area contributed by atoms with Crippen molar-refractivity contribution in [2.45, 2.75) is 29.8 Å². The Bertz CT molecular complexity index is 729. The number of carbonyl (C=O) groups excluding carboxylic acids is 1. The third-order valence-electron chi connectivity index (χ3n) is 5.58. The first-order chi connectivity index (χ1) is 13.2. The van der Waals surface area contributed by atoms with E-state index in [4.69, 9.17) is 9.47 Å². The summed E-state index contributed by atoms with van der Waals surface area (Å²) in [5, 5.41) is 3.15. The van der Waals surface area contributed by atoms with E-state index in [1.807, 2.05) is 17.0 Å². The molecule has 2 saturated heterocycles. The normalized spacial score (nSPS) is 24.3. The minimum atomic E-state index is 0.0312. The average Bonchev–Trinajstić information content (AvgIpc) is 3.27. The summed E-state index contributed by atoms with van der Waals surface area (Å²) in [5.41, 5.74) is 2.03. The summed E-state index contributed by atoms with van der Waals surface area (Å²) in [4.78, 5) is 22.2. The van der Waals surface area contributed by atoms with Gasteiger partial charge in [-0.2, -0.15) is 0 Å². The Balaban J connectivity index is 1.44. The highest BCUT2D eigenvalue weighted by atomic mass is 32.2. The Morgan fingerprint density at radius 2 is 2.37 bits per heavy atom.